The molecule has 1 atom stereocenters. The molecule has 0 bridgehead atoms. The molecule has 0 saturated heterocycles. The van der Waals surface area contributed by atoms with Gasteiger partial charge in [-0.2, -0.15) is 10.2 Å². The fourth-order valence-electron chi connectivity index (χ4n) is 2.76. The number of hydrogen-bond donors (Lipinski definition) is 2. The van der Waals surface area contributed by atoms with Gasteiger partial charge >= 0.3 is 0 Å². The summed E-state index contributed by atoms with van der Waals surface area (Å²) in [6.07, 6.45) is 5.38. The highest BCUT2D eigenvalue weighted by Gasteiger charge is 2.26. The Balaban J connectivity index is 1.47. The average molecular weight is 357 g/mol. The molecule has 1 unspecified atom stereocenters. The first-order valence-corrected chi connectivity index (χ1v) is 8.37. The summed E-state index contributed by atoms with van der Waals surface area (Å²) < 4.78 is 28.1. The molecule has 0 aliphatic heterocycles. The third kappa shape index (κ3) is 3.35. The monoisotopic (exact) mass is 357 g/mol. The van der Waals surface area contributed by atoms with Gasteiger partial charge in [0.05, 0.1) is 17.8 Å². The zero-order chi connectivity index (χ0) is 18.3. The van der Waals surface area contributed by atoms with E-state index in [9.17, 15) is 13.6 Å². The van der Waals surface area contributed by atoms with E-state index in [4.69, 9.17) is 0 Å². The van der Waals surface area contributed by atoms with Gasteiger partial charge in [-0.25, -0.2) is 13.5 Å². The number of halogens is 2. The number of amides is 1. The van der Waals surface area contributed by atoms with Crippen molar-refractivity contribution in [1.82, 2.24) is 20.0 Å². The lowest BCUT2D eigenvalue weighted by Crippen LogP contribution is -2.18. The quantitative estimate of drug-likeness (QED) is 0.734. The minimum atomic E-state index is -0.687. The van der Waals surface area contributed by atoms with E-state index < -0.39 is 17.6 Å². The Morgan fingerprint density at radius 1 is 1.27 bits per heavy atom. The van der Waals surface area contributed by atoms with Crippen LogP contribution in [-0.4, -0.2) is 25.9 Å². The van der Waals surface area contributed by atoms with Crippen LogP contribution >= 0.6 is 0 Å². The van der Waals surface area contributed by atoms with Gasteiger partial charge in [0.1, 0.15) is 11.6 Å². The van der Waals surface area contributed by atoms with Gasteiger partial charge in [-0.1, -0.05) is 0 Å². The zero-order valence-corrected chi connectivity index (χ0v) is 14.0. The van der Waals surface area contributed by atoms with E-state index in [-0.39, 0.29) is 11.6 Å². The van der Waals surface area contributed by atoms with Crippen LogP contribution in [0, 0.1) is 11.6 Å². The highest BCUT2D eigenvalue weighted by atomic mass is 19.1. The minimum absolute atomic E-state index is 0.233. The SMILES string of the molecule is CC(C(=O)Nc1cc(C2CC2)[nH]n1)c1cnn(-c2cc(F)cc(F)c2)c1. The molecule has 1 aromatic carbocycles. The molecule has 2 aromatic heterocycles. The topological polar surface area (TPSA) is 75.6 Å². The Morgan fingerprint density at radius 3 is 2.69 bits per heavy atom. The first-order valence-electron chi connectivity index (χ1n) is 8.37. The number of carbonyl (C=O) groups excluding carboxylic acids is 1. The van der Waals surface area contributed by atoms with E-state index in [1.165, 1.54) is 23.0 Å². The number of rotatable bonds is 5. The van der Waals surface area contributed by atoms with Gasteiger partial charge in [0.15, 0.2) is 5.82 Å². The summed E-state index contributed by atoms with van der Waals surface area (Å²) >= 11 is 0. The average Bonchev–Trinajstić information content (AvgIpc) is 3.15. The maximum atomic E-state index is 13.4. The summed E-state index contributed by atoms with van der Waals surface area (Å²) in [5.41, 5.74) is 1.92. The van der Waals surface area contributed by atoms with Crippen LogP contribution < -0.4 is 5.32 Å². The number of nitrogens with one attached hydrogen (secondary N) is 2. The van der Waals surface area contributed by atoms with Crippen LogP contribution in [0.1, 0.15) is 42.9 Å². The maximum absolute atomic E-state index is 13.4. The van der Waals surface area contributed by atoms with E-state index in [1.54, 1.807) is 13.1 Å². The highest BCUT2D eigenvalue weighted by molar-refractivity contribution is 5.94. The lowest BCUT2D eigenvalue weighted by Gasteiger charge is -2.08. The Labute approximate surface area is 148 Å². The van der Waals surface area contributed by atoms with Crippen LogP contribution in [0.3, 0.4) is 0 Å². The largest absolute Gasteiger partial charge is 0.309 e. The van der Waals surface area contributed by atoms with Crippen LogP contribution in [-0.2, 0) is 4.79 Å². The van der Waals surface area contributed by atoms with E-state index in [0.717, 1.165) is 24.6 Å². The van der Waals surface area contributed by atoms with E-state index in [2.05, 4.69) is 20.6 Å². The van der Waals surface area contributed by atoms with Gasteiger partial charge in [-0.15, -0.1) is 0 Å². The Kier molecular flexibility index (Phi) is 4.02. The summed E-state index contributed by atoms with van der Waals surface area (Å²) in [4.78, 5) is 12.4. The number of aromatic nitrogens is 4. The first-order chi connectivity index (χ1) is 12.5. The van der Waals surface area contributed by atoms with Gasteiger partial charge in [-0.05, 0) is 31.9 Å². The predicted octanol–water partition coefficient (Wildman–Crippen LogP) is 3.49. The van der Waals surface area contributed by atoms with Gasteiger partial charge in [-0.3, -0.25) is 9.89 Å². The standard InChI is InChI=1S/C18H17F2N5O/c1-10(18(26)22-17-7-16(23-24-17)11-2-3-11)12-8-21-25(9-12)15-5-13(19)4-14(20)6-15/h4-11H,2-3H2,1H3,(H2,22,23,24,26). The fraction of sp³-hybridized carbons (Fsp3) is 0.278. The molecule has 0 radical (unpaired) electrons. The van der Waals surface area contributed by atoms with Crippen LogP contribution in [0.2, 0.25) is 0 Å². The molecule has 1 aliphatic rings. The number of hydrogen-bond acceptors (Lipinski definition) is 3. The smallest absolute Gasteiger partial charge is 0.232 e. The number of nitrogens with zero attached hydrogens (tertiary/aromatic N) is 3. The van der Waals surface area contributed by atoms with Crippen LogP contribution in [0.15, 0.2) is 36.7 Å². The van der Waals surface area contributed by atoms with Gasteiger partial charge in [0.2, 0.25) is 5.91 Å². The molecule has 26 heavy (non-hydrogen) atoms. The minimum Gasteiger partial charge on any atom is -0.309 e. The van der Waals surface area contributed by atoms with Crippen molar-refractivity contribution in [1.29, 1.82) is 0 Å². The molecule has 3 aromatic rings. The second-order valence-corrected chi connectivity index (χ2v) is 6.54. The molecule has 1 amide bonds. The molecular formula is C18H17F2N5O. The fourth-order valence-corrected chi connectivity index (χ4v) is 2.76. The lowest BCUT2D eigenvalue weighted by molar-refractivity contribution is -0.117. The van der Waals surface area contributed by atoms with E-state index in [0.29, 0.717) is 17.3 Å². The Morgan fingerprint density at radius 2 is 2.00 bits per heavy atom. The zero-order valence-electron chi connectivity index (χ0n) is 14.0. The molecule has 8 heteroatoms. The third-order valence-corrected chi connectivity index (χ3v) is 4.47. The molecule has 2 heterocycles. The number of H-pyrrole nitrogens is 1. The Bertz CT molecular complexity index is 940. The van der Waals surface area contributed by atoms with Gasteiger partial charge < -0.3 is 5.32 Å². The summed E-state index contributed by atoms with van der Waals surface area (Å²) in [5, 5.41) is 13.9. The summed E-state index contributed by atoms with van der Waals surface area (Å²) in [6, 6.07) is 4.99. The normalized spacial score (nSPS) is 15.0. The van der Waals surface area contributed by atoms with Gasteiger partial charge in [0.25, 0.3) is 0 Å². The molecule has 6 nitrogen and oxygen atoms in total. The van der Waals surface area contributed by atoms with Crippen LogP contribution in [0.4, 0.5) is 14.6 Å². The number of anilines is 1. The third-order valence-electron chi connectivity index (χ3n) is 4.47. The van der Waals surface area contributed by atoms with Crippen molar-refractivity contribution in [3.05, 3.63) is 59.6 Å². The molecule has 0 spiro atoms. The van der Waals surface area contributed by atoms with Crippen molar-refractivity contribution in [2.45, 2.75) is 31.6 Å². The van der Waals surface area contributed by atoms with Gasteiger partial charge in [0, 0.05) is 35.5 Å². The maximum Gasteiger partial charge on any atom is 0.232 e. The molecule has 2 N–H and O–H groups in total. The molecule has 1 saturated carbocycles. The highest BCUT2D eigenvalue weighted by Crippen LogP contribution is 2.39. The van der Waals surface area contributed by atoms with Crippen molar-refractivity contribution >= 4 is 11.7 Å². The predicted molar refractivity (Wildman–Crippen MR) is 91.1 cm³/mol. The molecule has 1 aliphatic carbocycles. The lowest BCUT2D eigenvalue weighted by atomic mass is 10.0. The van der Waals surface area contributed by atoms with Crippen molar-refractivity contribution in [2.24, 2.45) is 0 Å². The van der Waals surface area contributed by atoms with Crippen LogP contribution in [0.5, 0.6) is 0 Å². The molecule has 4 rings (SSSR count). The van der Waals surface area contributed by atoms with E-state index in [1.807, 2.05) is 6.07 Å². The van der Waals surface area contributed by atoms with Crippen molar-refractivity contribution in [3.63, 3.8) is 0 Å². The molecule has 134 valence electrons. The second kappa shape index (κ2) is 6.36. The summed E-state index contributed by atoms with van der Waals surface area (Å²) in [6.45, 7) is 1.73. The summed E-state index contributed by atoms with van der Waals surface area (Å²) in [5.74, 6) is -1.09. The van der Waals surface area contributed by atoms with Crippen LogP contribution in [0.25, 0.3) is 5.69 Å². The number of carbonyl (C=O) groups is 1. The van der Waals surface area contributed by atoms with Crippen molar-refractivity contribution in [3.8, 4) is 5.69 Å². The summed E-state index contributed by atoms with van der Waals surface area (Å²) in [7, 11) is 0. The second-order valence-electron chi connectivity index (χ2n) is 6.54. The molecule has 1 fully saturated rings. The first kappa shape index (κ1) is 16.4. The number of benzene rings is 1. The van der Waals surface area contributed by atoms with Crippen molar-refractivity contribution < 1.29 is 13.6 Å². The molecular weight excluding hydrogens is 340 g/mol. The van der Waals surface area contributed by atoms with E-state index >= 15 is 0 Å². The van der Waals surface area contributed by atoms with Crippen molar-refractivity contribution in [2.75, 3.05) is 5.32 Å². The Hall–Kier alpha value is -3.03. The number of aromatic amines is 1.